The average Bonchev–Trinajstić information content (AvgIpc) is 2.12. The van der Waals surface area contributed by atoms with E-state index < -0.39 is 8.03 Å². The molecular formula is C14H25O2P. The third kappa shape index (κ3) is 2.24. The third-order valence-corrected chi connectivity index (χ3v) is 6.75. The molecule has 17 heavy (non-hydrogen) atoms. The van der Waals surface area contributed by atoms with Crippen molar-refractivity contribution in [3.05, 3.63) is 0 Å². The molecule has 4 bridgehead atoms. The van der Waals surface area contributed by atoms with Crippen LogP contribution in [0.15, 0.2) is 0 Å². The van der Waals surface area contributed by atoms with Crippen molar-refractivity contribution in [2.45, 2.75) is 70.1 Å². The lowest BCUT2D eigenvalue weighted by molar-refractivity contribution is -0.105. The van der Waals surface area contributed by atoms with Crippen molar-refractivity contribution in [3.8, 4) is 0 Å². The summed E-state index contributed by atoms with van der Waals surface area (Å²) in [5.41, 5.74) is 0.0120. The Kier molecular flexibility index (Phi) is 2.76. The first kappa shape index (κ1) is 12.2. The Labute approximate surface area is 105 Å². The molecule has 1 atom stereocenters. The fourth-order valence-corrected chi connectivity index (χ4v) is 5.46. The van der Waals surface area contributed by atoms with E-state index in [-0.39, 0.29) is 10.8 Å². The van der Waals surface area contributed by atoms with Crippen LogP contribution in [0.1, 0.15) is 59.3 Å². The molecule has 1 unspecified atom stereocenters. The fourth-order valence-electron chi connectivity index (χ4n) is 4.51. The first-order valence-electron chi connectivity index (χ1n) is 7.10. The van der Waals surface area contributed by atoms with Gasteiger partial charge in [0, 0.05) is 5.16 Å². The molecule has 0 amide bonds. The molecule has 4 aliphatic rings. The Morgan fingerprint density at radius 3 is 1.76 bits per heavy atom. The van der Waals surface area contributed by atoms with E-state index in [0.717, 1.165) is 17.8 Å². The largest absolute Gasteiger partial charge is 0.323 e. The van der Waals surface area contributed by atoms with Gasteiger partial charge in [-0.15, -0.1) is 0 Å². The maximum absolute atomic E-state index is 12.3. The molecule has 0 heterocycles. The van der Waals surface area contributed by atoms with Gasteiger partial charge in [-0.2, -0.15) is 0 Å². The van der Waals surface area contributed by atoms with Crippen molar-refractivity contribution in [1.82, 2.24) is 0 Å². The maximum Gasteiger partial charge on any atom is 0.197 e. The van der Waals surface area contributed by atoms with Crippen molar-refractivity contribution >= 4 is 8.03 Å². The van der Waals surface area contributed by atoms with Crippen LogP contribution in [0.4, 0.5) is 0 Å². The van der Waals surface area contributed by atoms with Crippen LogP contribution in [0.25, 0.3) is 0 Å². The summed E-state index contributed by atoms with van der Waals surface area (Å²) in [5.74, 6) is 2.61. The van der Waals surface area contributed by atoms with Crippen LogP contribution >= 0.6 is 8.03 Å². The van der Waals surface area contributed by atoms with Gasteiger partial charge in [0.25, 0.3) is 0 Å². The van der Waals surface area contributed by atoms with Gasteiger partial charge in [-0.05, 0) is 56.3 Å². The number of hydrogen-bond acceptors (Lipinski definition) is 2. The topological polar surface area (TPSA) is 26.3 Å². The zero-order valence-electron chi connectivity index (χ0n) is 11.3. The second-order valence-corrected chi connectivity index (χ2v) is 10.0. The molecular weight excluding hydrogens is 231 g/mol. The highest BCUT2D eigenvalue weighted by molar-refractivity contribution is 7.41. The predicted octanol–water partition coefficient (Wildman–Crippen LogP) is 4.25. The summed E-state index contributed by atoms with van der Waals surface area (Å²) in [7, 11) is -1.92. The monoisotopic (exact) mass is 256 g/mol. The molecule has 4 saturated carbocycles. The Morgan fingerprint density at radius 2 is 1.41 bits per heavy atom. The highest BCUT2D eigenvalue weighted by Gasteiger charge is 2.52. The minimum absolute atomic E-state index is 0.0120. The van der Waals surface area contributed by atoms with Crippen molar-refractivity contribution in [2.24, 2.45) is 17.8 Å². The molecule has 4 aliphatic carbocycles. The minimum Gasteiger partial charge on any atom is -0.323 e. The maximum atomic E-state index is 12.3. The van der Waals surface area contributed by atoms with Gasteiger partial charge in [0.2, 0.25) is 0 Å². The quantitative estimate of drug-likeness (QED) is 0.690. The molecule has 0 saturated heterocycles. The van der Waals surface area contributed by atoms with E-state index in [2.05, 4.69) is 0 Å². The van der Waals surface area contributed by atoms with E-state index in [1.807, 2.05) is 20.8 Å². The highest BCUT2D eigenvalue weighted by atomic mass is 31.1. The lowest BCUT2D eigenvalue weighted by Gasteiger charge is -2.56. The summed E-state index contributed by atoms with van der Waals surface area (Å²) in [5, 5.41) is -0.173. The molecule has 0 N–H and O–H groups in total. The SMILES string of the molecule is CC(C)(C)[PH](=O)OC12CC3CC(CC(C3)C1)C2. The predicted molar refractivity (Wildman–Crippen MR) is 70.7 cm³/mol. The van der Waals surface area contributed by atoms with E-state index in [1.54, 1.807) is 0 Å². The lowest BCUT2D eigenvalue weighted by atomic mass is 9.54. The van der Waals surface area contributed by atoms with E-state index in [0.29, 0.717) is 0 Å². The van der Waals surface area contributed by atoms with Gasteiger partial charge in [-0.3, -0.25) is 4.57 Å². The van der Waals surface area contributed by atoms with Crippen LogP contribution in [0.5, 0.6) is 0 Å². The van der Waals surface area contributed by atoms with Gasteiger partial charge < -0.3 is 4.52 Å². The van der Waals surface area contributed by atoms with E-state index in [1.165, 1.54) is 38.5 Å². The van der Waals surface area contributed by atoms with Crippen LogP contribution in [-0.4, -0.2) is 10.8 Å². The normalized spacial score (nSPS) is 46.2. The Balaban J connectivity index is 1.76. The van der Waals surface area contributed by atoms with Gasteiger partial charge in [-0.1, -0.05) is 20.8 Å². The molecule has 0 aromatic carbocycles. The fraction of sp³-hybridized carbons (Fsp3) is 1.00. The average molecular weight is 256 g/mol. The Morgan fingerprint density at radius 1 is 1.00 bits per heavy atom. The highest BCUT2D eigenvalue weighted by Crippen LogP contribution is 2.60. The zero-order chi connectivity index (χ0) is 12.3. The summed E-state index contributed by atoms with van der Waals surface area (Å²) < 4.78 is 18.5. The summed E-state index contributed by atoms with van der Waals surface area (Å²) >= 11 is 0. The standard InChI is InChI=1S/C14H25O2P/c1-13(2,3)17(15)16-14-7-10-4-11(8-14)6-12(5-10)9-14/h10-12,17H,4-9H2,1-3H3. The smallest absolute Gasteiger partial charge is 0.197 e. The summed E-state index contributed by atoms with van der Waals surface area (Å²) in [6.45, 7) is 6.11. The first-order chi connectivity index (χ1) is 7.86. The van der Waals surface area contributed by atoms with Crippen LogP contribution in [-0.2, 0) is 9.09 Å². The van der Waals surface area contributed by atoms with E-state index in [9.17, 15) is 4.57 Å². The molecule has 4 fully saturated rings. The zero-order valence-corrected chi connectivity index (χ0v) is 12.3. The number of rotatable bonds is 2. The molecule has 0 aromatic rings. The van der Waals surface area contributed by atoms with E-state index >= 15 is 0 Å². The van der Waals surface area contributed by atoms with Gasteiger partial charge in [-0.25, -0.2) is 0 Å². The van der Waals surface area contributed by atoms with Crippen LogP contribution < -0.4 is 0 Å². The van der Waals surface area contributed by atoms with E-state index in [4.69, 9.17) is 4.52 Å². The van der Waals surface area contributed by atoms with Gasteiger partial charge in [0.05, 0.1) is 5.60 Å². The number of hydrogen-bond donors (Lipinski definition) is 0. The summed E-state index contributed by atoms with van der Waals surface area (Å²) in [4.78, 5) is 0. The van der Waals surface area contributed by atoms with Crippen molar-refractivity contribution in [1.29, 1.82) is 0 Å². The lowest BCUT2D eigenvalue weighted by Crippen LogP contribution is -2.51. The Hall–Kier alpha value is 0.190. The summed E-state index contributed by atoms with van der Waals surface area (Å²) in [6, 6.07) is 0. The van der Waals surface area contributed by atoms with Crippen molar-refractivity contribution < 1.29 is 9.09 Å². The molecule has 0 radical (unpaired) electrons. The molecule has 2 nitrogen and oxygen atoms in total. The molecule has 0 aliphatic heterocycles. The second kappa shape index (κ2) is 3.84. The molecule has 4 rings (SSSR count). The second-order valence-electron chi connectivity index (χ2n) is 7.74. The van der Waals surface area contributed by atoms with Gasteiger partial charge >= 0.3 is 0 Å². The van der Waals surface area contributed by atoms with Gasteiger partial charge in [0.15, 0.2) is 8.03 Å². The van der Waals surface area contributed by atoms with Crippen molar-refractivity contribution in [3.63, 3.8) is 0 Å². The Bertz CT molecular complexity index is 307. The van der Waals surface area contributed by atoms with Crippen LogP contribution in [0.3, 0.4) is 0 Å². The van der Waals surface area contributed by atoms with Gasteiger partial charge in [0.1, 0.15) is 0 Å². The molecule has 3 heteroatoms. The molecule has 0 aromatic heterocycles. The third-order valence-electron chi connectivity index (χ3n) is 4.90. The first-order valence-corrected chi connectivity index (χ1v) is 8.41. The minimum atomic E-state index is -1.92. The van der Waals surface area contributed by atoms with Crippen LogP contribution in [0.2, 0.25) is 0 Å². The van der Waals surface area contributed by atoms with Crippen molar-refractivity contribution in [2.75, 3.05) is 0 Å². The summed E-state index contributed by atoms with van der Waals surface area (Å²) in [6.07, 6.45) is 7.81. The molecule has 98 valence electrons. The van der Waals surface area contributed by atoms with Crippen LogP contribution in [0, 0.1) is 17.8 Å². The molecule has 0 spiro atoms.